The van der Waals surface area contributed by atoms with Crippen molar-refractivity contribution in [3.63, 3.8) is 0 Å². The maximum atomic E-state index is 5.34. The molecule has 3 aromatic heterocycles. The van der Waals surface area contributed by atoms with E-state index in [1.165, 1.54) is 90.1 Å². The van der Waals surface area contributed by atoms with E-state index in [1.54, 1.807) is 0 Å². The summed E-state index contributed by atoms with van der Waals surface area (Å²) in [6.07, 6.45) is -0.343. The zero-order chi connectivity index (χ0) is 37.5. The van der Waals surface area contributed by atoms with E-state index in [0.29, 0.717) is 0 Å². The number of nitrogens with one attached hydrogen (secondary N) is 2. The molecule has 12 rings (SSSR count). The van der Waals surface area contributed by atoms with E-state index in [-0.39, 0.29) is 12.3 Å². The van der Waals surface area contributed by atoms with E-state index in [9.17, 15) is 0 Å². The van der Waals surface area contributed by atoms with E-state index in [2.05, 4.69) is 197 Å². The van der Waals surface area contributed by atoms with Crippen molar-refractivity contribution in [3.05, 3.63) is 199 Å². The Morgan fingerprint density at radius 3 is 1.95 bits per heavy atom. The van der Waals surface area contributed by atoms with Crippen LogP contribution in [-0.2, 0) is 0 Å². The third-order valence-corrected chi connectivity index (χ3v) is 13.7. The number of hydrogen-bond donors (Lipinski definition) is 2. The highest BCUT2D eigenvalue weighted by Gasteiger charge is 2.27. The van der Waals surface area contributed by atoms with Gasteiger partial charge in [0.2, 0.25) is 0 Å². The third kappa shape index (κ3) is 5.26. The second kappa shape index (κ2) is 13.0. The highest BCUT2D eigenvalue weighted by atomic mass is 32.1. The topological polar surface area (TPSA) is 41.4 Å². The molecule has 1 aliphatic heterocycles. The standard InChI is InChI=1S/C51H34N4S2/c1-3-13-31(14-4-1)49-52-50(32-15-5-2-6-16-32)54-51(53-49)39-20-12-24-45-48(39)40-29-33(25-28-43(40)56-45)35-19-11-23-44-47(35)38-27-26-34(30-46(38)57-44)55-41-21-9-7-17-36(41)37-18-8-10-22-42(37)55/h1-30,49,51,53H,(H,52,54). The van der Waals surface area contributed by atoms with E-state index >= 15 is 0 Å². The monoisotopic (exact) mass is 766 g/mol. The number of rotatable bonds is 5. The molecule has 0 aliphatic carbocycles. The molecular weight excluding hydrogens is 733 g/mol. The molecule has 2 atom stereocenters. The van der Waals surface area contributed by atoms with Gasteiger partial charge in [-0.05, 0) is 65.2 Å². The molecule has 270 valence electrons. The summed E-state index contributed by atoms with van der Waals surface area (Å²) in [5.74, 6) is 0.891. The summed E-state index contributed by atoms with van der Waals surface area (Å²) in [7, 11) is 0. The van der Waals surface area contributed by atoms with Crippen LogP contribution in [0.3, 0.4) is 0 Å². The largest absolute Gasteiger partial charge is 0.350 e. The summed E-state index contributed by atoms with van der Waals surface area (Å²) in [5.41, 5.74) is 9.56. The molecular formula is C51H34N4S2. The summed E-state index contributed by atoms with van der Waals surface area (Å²) in [4.78, 5) is 5.34. The Kier molecular flexibility index (Phi) is 7.45. The molecule has 0 saturated heterocycles. The minimum Gasteiger partial charge on any atom is -0.350 e. The molecule has 2 N–H and O–H groups in total. The molecule has 11 aromatic rings. The van der Waals surface area contributed by atoms with Gasteiger partial charge in [0.1, 0.15) is 18.2 Å². The number of nitrogens with zero attached hydrogens (tertiary/aromatic N) is 2. The zero-order valence-electron chi connectivity index (χ0n) is 30.7. The van der Waals surface area contributed by atoms with Crippen molar-refractivity contribution >= 4 is 90.7 Å². The van der Waals surface area contributed by atoms with Gasteiger partial charge in [0.25, 0.3) is 0 Å². The van der Waals surface area contributed by atoms with Crippen LogP contribution >= 0.6 is 22.7 Å². The zero-order valence-corrected chi connectivity index (χ0v) is 32.3. The van der Waals surface area contributed by atoms with Crippen LogP contribution < -0.4 is 10.6 Å². The second-order valence-corrected chi connectivity index (χ2v) is 16.9. The SMILES string of the molecule is c1ccc(C2=NC(c3cccc4sc5ccc(-c6cccc7sc8cc(-n9c%10ccccc%10c%10ccccc%109)ccc8c67)cc5c34)NC(c3ccccc3)N2)cc1. The molecule has 57 heavy (non-hydrogen) atoms. The van der Waals surface area contributed by atoms with Crippen molar-refractivity contribution in [1.29, 1.82) is 0 Å². The predicted octanol–water partition coefficient (Wildman–Crippen LogP) is 13.5. The number of aliphatic imine (C=N–C) groups is 1. The van der Waals surface area contributed by atoms with Crippen LogP contribution in [0.2, 0.25) is 0 Å². The summed E-state index contributed by atoms with van der Waals surface area (Å²) in [5, 5.41) is 15.2. The Morgan fingerprint density at radius 2 is 1.16 bits per heavy atom. The molecule has 0 bridgehead atoms. The number of amidine groups is 1. The first kappa shape index (κ1) is 32.7. The molecule has 0 radical (unpaired) electrons. The number of benzene rings is 8. The normalized spacial score (nSPS) is 15.9. The molecule has 2 unspecified atom stereocenters. The molecule has 6 heteroatoms. The first-order valence-corrected chi connectivity index (χ1v) is 21.0. The van der Waals surface area contributed by atoms with Crippen molar-refractivity contribution in [2.75, 3.05) is 0 Å². The predicted molar refractivity (Wildman–Crippen MR) is 243 cm³/mol. The molecule has 0 saturated carbocycles. The molecule has 0 amide bonds. The fourth-order valence-electron chi connectivity index (χ4n) is 8.92. The number of hydrogen-bond acceptors (Lipinski definition) is 5. The van der Waals surface area contributed by atoms with Crippen molar-refractivity contribution in [1.82, 2.24) is 15.2 Å². The van der Waals surface area contributed by atoms with E-state index in [1.807, 2.05) is 22.7 Å². The molecule has 4 nitrogen and oxygen atoms in total. The highest BCUT2D eigenvalue weighted by molar-refractivity contribution is 7.26. The van der Waals surface area contributed by atoms with Gasteiger partial charge in [-0.1, -0.05) is 133 Å². The highest BCUT2D eigenvalue weighted by Crippen LogP contribution is 2.45. The smallest absolute Gasteiger partial charge is 0.131 e. The van der Waals surface area contributed by atoms with Crippen LogP contribution in [0.25, 0.3) is 79.0 Å². The van der Waals surface area contributed by atoms with Crippen LogP contribution in [0.15, 0.2) is 187 Å². The fraction of sp³-hybridized carbons (Fsp3) is 0.0392. The Hall–Kier alpha value is -6.57. The first-order chi connectivity index (χ1) is 28.2. The lowest BCUT2D eigenvalue weighted by atomic mass is 9.96. The summed E-state index contributed by atoms with van der Waals surface area (Å²) >= 11 is 3.73. The van der Waals surface area contributed by atoms with Crippen molar-refractivity contribution in [2.24, 2.45) is 4.99 Å². The van der Waals surface area contributed by atoms with Crippen molar-refractivity contribution < 1.29 is 0 Å². The lowest BCUT2D eigenvalue weighted by Crippen LogP contribution is -2.44. The molecule has 1 aliphatic rings. The van der Waals surface area contributed by atoms with E-state index < -0.39 is 0 Å². The van der Waals surface area contributed by atoms with E-state index in [0.717, 1.165) is 11.4 Å². The average molecular weight is 767 g/mol. The van der Waals surface area contributed by atoms with Crippen molar-refractivity contribution in [2.45, 2.75) is 12.3 Å². The second-order valence-electron chi connectivity index (χ2n) is 14.8. The van der Waals surface area contributed by atoms with Gasteiger partial charge in [0.15, 0.2) is 0 Å². The van der Waals surface area contributed by atoms with E-state index in [4.69, 9.17) is 4.99 Å². The van der Waals surface area contributed by atoms with Gasteiger partial charge in [-0.25, -0.2) is 4.99 Å². The van der Waals surface area contributed by atoms with Gasteiger partial charge in [0, 0.05) is 67.9 Å². The third-order valence-electron chi connectivity index (χ3n) is 11.5. The quantitative estimate of drug-likeness (QED) is 0.183. The minimum atomic E-state index is -0.246. The van der Waals surface area contributed by atoms with Gasteiger partial charge in [-0.3, -0.25) is 5.32 Å². The maximum Gasteiger partial charge on any atom is 0.131 e. The van der Waals surface area contributed by atoms with Crippen LogP contribution in [0.1, 0.15) is 29.0 Å². The fourth-order valence-corrected chi connectivity index (χ4v) is 11.2. The minimum absolute atomic E-state index is 0.0976. The van der Waals surface area contributed by atoms with Gasteiger partial charge < -0.3 is 9.88 Å². The Morgan fingerprint density at radius 1 is 0.474 bits per heavy atom. The lowest BCUT2D eigenvalue weighted by molar-refractivity contribution is 0.410. The van der Waals surface area contributed by atoms with Crippen LogP contribution in [0.4, 0.5) is 0 Å². The average Bonchev–Trinajstić information content (AvgIpc) is 3.96. The number of aromatic nitrogens is 1. The van der Waals surface area contributed by atoms with Crippen molar-refractivity contribution in [3.8, 4) is 16.8 Å². The molecule has 8 aromatic carbocycles. The van der Waals surface area contributed by atoms with Gasteiger partial charge in [-0.2, -0.15) is 0 Å². The van der Waals surface area contributed by atoms with Crippen LogP contribution in [0.5, 0.6) is 0 Å². The number of fused-ring (bicyclic) bond motifs is 9. The molecule has 0 spiro atoms. The summed E-state index contributed by atoms with van der Waals surface area (Å²) in [6, 6.07) is 66.0. The molecule has 0 fully saturated rings. The van der Waals surface area contributed by atoms with Gasteiger partial charge >= 0.3 is 0 Å². The number of para-hydroxylation sites is 2. The summed E-state index contributed by atoms with van der Waals surface area (Å²) in [6.45, 7) is 0. The maximum absolute atomic E-state index is 5.34. The lowest BCUT2D eigenvalue weighted by Gasteiger charge is -2.32. The Labute approximate surface area is 337 Å². The van der Waals surface area contributed by atoms with Crippen LogP contribution in [-0.4, -0.2) is 10.4 Å². The molecule has 4 heterocycles. The van der Waals surface area contributed by atoms with Gasteiger partial charge in [0.05, 0.1) is 11.0 Å². The van der Waals surface area contributed by atoms with Gasteiger partial charge in [-0.15, -0.1) is 22.7 Å². The summed E-state index contributed by atoms with van der Waals surface area (Å²) < 4.78 is 7.55. The number of thiophene rings is 2. The Balaban J connectivity index is 1.00. The van der Waals surface area contributed by atoms with Crippen LogP contribution in [0, 0.1) is 0 Å². The Bertz CT molecular complexity index is 3320. The first-order valence-electron chi connectivity index (χ1n) is 19.4.